The summed E-state index contributed by atoms with van der Waals surface area (Å²) in [4.78, 5) is 28.0. The molecule has 0 bridgehead atoms. The number of nitrogens with zero attached hydrogens (tertiary/aromatic N) is 2. The Bertz CT molecular complexity index is 1150. The number of carbonyl (C=O) groups excluding carboxylic acids is 2. The normalized spacial score (nSPS) is 16.8. The van der Waals surface area contributed by atoms with Crippen LogP contribution in [0, 0.1) is 5.82 Å². The Balaban J connectivity index is 1.69. The molecule has 1 aliphatic heterocycles. The van der Waals surface area contributed by atoms with E-state index in [0.29, 0.717) is 9.21 Å². The molecule has 1 aromatic heterocycles. The number of anilines is 1. The third kappa shape index (κ3) is 5.73. The van der Waals surface area contributed by atoms with E-state index < -0.39 is 33.7 Å². The van der Waals surface area contributed by atoms with Crippen LogP contribution in [0.1, 0.15) is 21.7 Å². The lowest BCUT2D eigenvalue weighted by atomic mass is 10.1. The van der Waals surface area contributed by atoms with Gasteiger partial charge in [-0.25, -0.2) is 12.8 Å². The van der Waals surface area contributed by atoms with Crippen molar-refractivity contribution in [1.82, 2.24) is 9.62 Å². The number of hydrogen-bond acceptors (Lipinski definition) is 6. The number of likely N-dealkylation sites (N-methyl/N-ethyl adjacent to an activating group) is 1. The first-order valence-electron chi connectivity index (χ1n) is 9.54. The Hall–Kier alpha value is -2.31. The summed E-state index contributed by atoms with van der Waals surface area (Å²) in [6.45, 7) is -0.00779. The van der Waals surface area contributed by atoms with Crippen molar-refractivity contribution < 1.29 is 27.5 Å². The fourth-order valence-corrected chi connectivity index (χ4v) is 5.24. The molecule has 0 aliphatic carbocycles. The van der Waals surface area contributed by atoms with Crippen LogP contribution >= 0.6 is 22.9 Å². The largest absolute Gasteiger partial charge is 0.395 e. The van der Waals surface area contributed by atoms with Gasteiger partial charge < -0.3 is 14.9 Å². The summed E-state index contributed by atoms with van der Waals surface area (Å²) in [6, 6.07) is 5.99. The molecular weight excluding hydrogens is 481 g/mol. The van der Waals surface area contributed by atoms with Crippen molar-refractivity contribution in [3.05, 3.63) is 56.3 Å². The zero-order valence-corrected chi connectivity index (χ0v) is 19.4. The van der Waals surface area contributed by atoms with Gasteiger partial charge >= 0.3 is 0 Å². The number of aliphatic hydroxyl groups is 1. The predicted octanol–water partition coefficient (Wildman–Crippen LogP) is 2.30. The first-order chi connectivity index (χ1) is 15.1. The van der Waals surface area contributed by atoms with Crippen LogP contribution in [0.4, 0.5) is 10.1 Å². The summed E-state index contributed by atoms with van der Waals surface area (Å²) in [7, 11) is -2.44. The van der Waals surface area contributed by atoms with E-state index in [1.165, 1.54) is 41.5 Å². The Morgan fingerprint density at radius 2 is 2.16 bits per heavy atom. The minimum atomic E-state index is -3.91. The highest BCUT2D eigenvalue weighted by molar-refractivity contribution is 7.92. The number of carbonyl (C=O) groups is 2. The van der Waals surface area contributed by atoms with Crippen LogP contribution in [0.5, 0.6) is 0 Å². The highest BCUT2D eigenvalue weighted by atomic mass is 35.5. The smallest absolute Gasteiger partial charge is 0.253 e. The number of rotatable bonds is 8. The maximum atomic E-state index is 14.7. The zero-order valence-electron chi connectivity index (χ0n) is 17.0. The predicted molar refractivity (Wildman–Crippen MR) is 122 cm³/mol. The van der Waals surface area contributed by atoms with Gasteiger partial charge in [0, 0.05) is 36.0 Å². The molecular formula is C20H21ClFN3O5S2. The molecule has 1 aliphatic rings. The Kier molecular flexibility index (Phi) is 7.67. The van der Waals surface area contributed by atoms with Crippen molar-refractivity contribution in [3.8, 4) is 0 Å². The van der Waals surface area contributed by atoms with Crippen LogP contribution in [0.15, 0.2) is 35.7 Å². The Labute approximate surface area is 193 Å². The fourth-order valence-electron chi connectivity index (χ4n) is 3.17. The average molecular weight is 502 g/mol. The van der Waals surface area contributed by atoms with Crippen LogP contribution in [-0.2, 0) is 14.8 Å². The van der Waals surface area contributed by atoms with Crippen LogP contribution < -0.4 is 9.62 Å². The molecule has 1 saturated heterocycles. The second kappa shape index (κ2) is 10.1. The van der Waals surface area contributed by atoms with Crippen LogP contribution in [0.25, 0.3) is 6.08 Å². The highest BCUT2D eigenvalue weighted by Gasteiger charge is 2.36. The molecule has 0 spiro atoms. The number of benzene rings is 1. The van der Waals surface area contributed by atoms with Gasteiger partial charge in [0.05, 0.1) is 16.6 Å². The summed E-state index contributed by atoms with van der Waals surface area (Å²) < 4.78 is 42.2. The van der Waals surface area contributed by atoms with Crippen molar-refractivity contribution in [1.29, 1.82) is 0 Å². The molecule has 1 fully saturated rings. The van der Waals surface area contributed by atoms with Gasteiger partial charge in [-0.2, -0.15) is 4.72 Å². The topological polar surface area (TPSA) is 107 Å². The number of nitrogens with one attached hydrogen (secondary N) is 1. The average Bonchev–Trinajstić information content (AvgIpc) is 3.31. The third-order valence-electron chi connectivity index (χ3n) is 4.79. The summed E-state index contributed by atoms with van der Waals surface area (Å²) in [5, 5.41) is 9.89. The van der Waals surface area contributed by atoms with Gasteiger partial charge in [-0.1, -0.05) is 11.6 Å². The molecule has 1 atom stereocenters. The van der Waals surface area contributed by atoms with Crippen molar-refractivity contribution in [3.63, 3.8) is 0 Å². The molecule has 12 heteroatoms. The van der Waals surface area contributed by atoms with Crippen molar-refractivity contribution >= 4 is 56.5 Å². The van der Waals surface area contributed by atoms with E-state index in [2.05, 4.69) is 4.72 Å². The quantitative estimate of drug-likeness (QED) is 0.577. The van der Waals surface area contributed by atoms with E-state index in [1.807, 2.05) is 0 Å². The summed E-state index contributed by atoms with van der Waals surface area (Å²) in [5.74, 6) is -1.84. The molecule has 0 saturated carbocycles. The third-order valence-corrected chi connectivity index (χ3v) is 7.09. The molecule has 2 aromatic rings. The van der Waals surface area contributed by atoms with E-state index in [4.69, 9.17) is 16.7 Å². The highest BCUT2D eigenvalue weighted by Crippen LogP contribution is 2.27. The van der Waals surface area contributed by atoms with E-state index in [0.717, 1.165) is 16.4 Å². The first-order valence-corrected chi connectivity index (χ1v) is 12.3. The number of sulfonamides is 1. The molecule has 1 aromatic carbocycles. The van der Waals surface area contributed by atoms with Gasteiger partial charge in [-0.15, -0.1) is 11.3 Å². The molecule has 2 amide bonds. The SMILES string of the molecule is CN(CCO)C(=O)c1ccc(N2CCC(NS(=O)(=O)C=Cc3ccc(Cl)s3)C2=O)c(F)c1. The van der Waals surface area contributed by atoms with Crippen LogP contribution in [0.3, 0.4) is 0 Å². The first kappa shape index (κ1) is 24.3. The molecule has 32 heavy (non-hydrogen) atoms. The standard InChI is InChI=1S/C20H21ClFN3O5S2/c1-24(9-10-26)19(27)13-2-4-17(15(22)12-13)25-8-6-16(20(25)28)23-32(29,30)11-7-14-3-5-18(21)31-14/h2-5,7,11-12,16,23,26H,6,8-10H2,1H3. The number of thiophene rings is 1. The molecule has 8 nitrogen and oxygen atoms in total. The van der Waals surface area contributed by atoms with Gasteiger partial charge in [0.2, 0.25) is 15.9 Å². The number of halogens is 2. The molecule has 2 N–H and O–H groups in total. The van der Waals surface area contributed by atoms with Gasteiger partial charge in [0.15, 0.2) is 0 Å². The van der Waals surface area contributed by atoms with Crippen molar-refractivity contribution in [2.24, 2.45) is 0 Å². The maximum Gasteiger partial charge on any atom is 0.253 e. The molecule has 0 radical (unpaired) electrons. The van der Waals surface area contributed by atoms with E-state index in [9.17, 15) is 22.4 Å². The molecule has 2 heterocycles. The van der Waals surface area contributed by atoms with Crippen molar-refractivity contribution in [2.75, 3.05) is 31.6 Å². The fraction of sp³-hybridized carbons (Fsp3) is 0.300. The monoisotopic (exact) mass is 501 g/mol. The minimum absolute atomic E-state index is 0.0400. The van der Waals surface area contributed by atoms with E-state index >= 15 is 0 Å². The van der Waals surface area contributed by atoms with Crippen molar-refractivity contribution in [2.45, 2.75) is 12.5 Å². The minimum Gasteiger partial charge on any atom is -0.395 e. The Morgan fingerprint density at radius 1 is 1.41 bits per heavy atom. The van der Waals surface area contributed by atoms with E-state index in [1.54, 1.807) is 12.1 Å². The lowest BCUT2D eigenvalue weighted by Crippen LogP contribution is -2.41. The van der Waals surface area contributed by atoms with Gasteiger partial charge in [-0.3, -0.25) is 9.59 Å². The van der Waals surface area contributed by atoms with Gasteiger partial charge in [0.1, 0.15) is 11.9 Å². The Morgan fingerprint density at radius 3 is 2.78 bits per heavy atom. The lowest BCUT2D eigenvalue weighted by molar-refractivity contribution is -0.118. The summed E-state index contributed by atoms with van der Waals surface area (Å²) in [6.07, 6.45) is 1.54. The number of amides is 2. The lowest BCUT2D eigenvalue weighted by Gasteiger charge is -2.19. The molecule has 3 rings (SSSR count). The number of hydrogen-bond donors (Lipinski definition) is 2. The van der Waals surface area contributed by atoms with Gasteiger partial charge in [-0.05, 0) is 42.8 Å². The van der Waals surface area contributed by atoms with E-state index in [-0.39, 0.29) is 37.4 Å². The van der Waals surface area contributed by atoms with Gasteiger partial charge in [0.25, 0.3) is 5.91 Å². The number of aliphatic hydroxyl groups excluding tert-OH is 1. The summed E-state index contributed by atoms with van der Waals surface area (Å²) >= 11 is 7.03. The second-order valence-electron chi connectivity index (χ2n) is 7.06. The molecule has 1 unspecified atom stereocenters. The summed E-state index contributed by atoms with van der Waals surface area (Å²) in [5.41, 5.74) is 0.0340. The molecule has 172 valence electrons. The maximum absolute atomic E-state index is 14.7. The second-order valence-corrected chi connectivity index (χ2v) is 10.4. The zero-order chi connectivity index (χ0) is 23.5. The van der Waals surface area contributed by atoms with Crippen LogP contribution in [0.2, 0.25) is 4.34 Å². The van der Waals surface area contributed by atoms with Crippen LogP contribution in [-0.4, -0.2) is 63.0 Å².